The lowest BCUT2D eigenvalue weighted by atomic mass is 9.87. The zero-order valence-electron chi connectivity index (χ0n) is 28.8. The summed E-state index contributed by atoms with van der Waals surface area (Å²) in [6.07, 6.45) is 3.61. The van der Waals surface area contributed by atoms with Crippen molar-refractivity contribution in [1.82, 2.24) is 0 Å². The van der Waals surface area contributed by atoms with Crippen molar-refractivity contribution >= 4 is 5.97 Å². The van der Waals surface area contributed by atoms with Crippen LogP contribution in [0.15, 0.2) is 77.4 Å². The van der Waals surface area contributed by atoms with Crippen molar-refractivity contribution in [3.63, 3.8) is 0 Å². The van der Waals surface area contributed by atoms with Crippen molar-refractivity contribution < 1.29 is 42.0 Å². The molecule has 0 radical (unpaired) electrons. The molecule has 0 bridgehead atoms. The number of aryl methyl sites for hydroxylation is 2. The summed E-state index contributed by atoms with van der Waals surface area (Å²) in [4.78, 5) is 13.4. The molecular formula is C38H49F3O6. The Morgan fingerprint density at radius 2 is 1.74 bits per heavy atom. The van der Waals surface area contributed by atoms with Gasteiger partial charge in [0.15, 0.2) is 6.10 Å². The van der Waals surface area contributed by atoms with Gasteiger partial charge in [0.05, 0.1) is 0 Å². The van der Waals surface area contributed by atoms with E-state index in [0.29, 0.717) is 6.42 Å². The first-order valence-electron chi connectivity index (χ1n) is 16.0. The van der Waals surface area contributed by atoms with Crippen LogP contribution in [0.2, 0.25) is 0 Å². The number of benzene rings is 2. The Balaban J connectivity index is 1.68. The van der Waals surface area contributed by atoms with Crippen LogP contribution in [0.3, 0.4) is 0 Å². The van der Waals surface area contributed by atoms with E-state index in [1.165, 1.54) is 36.9 Å². The molecule has 0 aromatic heterocycles. The van der Waals surface area contributed by atoms with E-state index in [0.717, 1.165) is 67.2 Å². The van der Waals surface area contributed by atoms with E-state index in [4.69, 9.17) is 18.9 Å². The standard InChI is InChI=1S/C38H49F3O6/c1-25(2)22-32(46-35(43)37(45-8,38(39,40)41)30-17-10-9-11-18-30)34(44-7)27(4)16-12-14-26(3)15-13-20-36(6)21-19-29-24-31(42)23-28(5)33(29)47-36/h9-11,15-18,22-24,32,34,42H,12-14,19-21H2,1-8H3/b26-15+,27-16+/t32-,34?,36-,37+/m1/s1. The molecule has 1 unspecified atom stereocenters. The molecule has 4 atom stereocenters. The van der Waals surface area contributed by atoms with Gasteiger partial charge in [0.25, 0.3) is 5.60 Å². The van der Waals surface area contributed by atoms with Crippen LogP contribution in [-0.2, 0) is 31.0 Å². The number of alkyl halides is 3. The highest BCUT2D eigenvalue weighted by atomic mass is 19.4. The number of esters is 1. The Hall–Kier alpha value is -3.56. The number of rotatable bonds is 14. The molecule has 1 N–H and O–H groups in total. The first kappa shape index (κ1) is 37.9. The number of ether oxygens (including phenoxy) is 4. The molecule has 258 valence electrons. The molecule has 1 aliphatic rings. The third-order valence-corrected chi connectivity index (χ3v) is 8.69. The van der Waals surface area contributed by atoms with Crippen LogP contribution < -0.4 is 4.74 Å². The van der Waals surface area contributed by atoms with E-state index in [2.05, 4.69) is 19.9 Å². The van der Waals surface area contributed by atoms with Gasteiger partial charge in [-0.3, -0.25) is 0 Å². The van der Waals surface area contributed by atoms with Gasteiger partial charge in [-0.1, -0.05) is 53.6 Å². The van der Waals surface area contributed by atoms with Crippen molar-refractivity contribution in [3.05, 3.63) is 94.1 Å². The SMILES string of the molecule is COC(/C(C)=C/CC/C(C)=C/CC[C@]1(C)CCc2cc(O)cc(C)c2O1)[C@@H](C=C(C)C)OC(=O)[C@@](OC)(c1ccccc1)C(F)(F)F. The topological polar surface area (TPSA) is 74.2 Å². The fraction of sp³-hybridized carbons (Fsp3) is 0.500. The van der Waals surface area contributed by atoms with Gasteiger partial charge in [-0.15, -0.1) is 0 Å². The molecular weight excluding hydrogens is 609 g/mol. The van der Waals surface area contributed by atoms with E-state index in [9.17, 15) is 23.1 Å². The molecule has 9 heteroatoms. The minimum atomic E-state index is -5.08. The highest BCUT2D eigenvalue weighted by Crippen LogP contribution is 2.44. The maximum absolute atomic E-state index is 14.5. The van der Waals surface area contributed by atoms with Gasteiger partial charge in [-0.25, -0.2) is 4.79 Å². The van der Waals surface area contributed by atoms with Gasteiger partial charge in [-0.2, -0.15) is 13.2 Å². The molecule has 2 aromatic carbocycles. The van der Waals surface area contributed by atoms with Crippen LogP contribution in [0.5, 0.6) is 11.5 Å². The second-order valence-electron chi connectivity index (χ2n) is 12.9. The number of phenols is 1. The predicted molar refractivity (Wildman–Crippen MR) is 177 cm³/mol. The minimum Gasteiger partial charge on any atom is -0.508 e. The van der Waals surface area contributed by atoms with E-state index in [1.807, 2.05) is 19.9 Å². The van der Waals surface area contributed by atoms with Gasteiger partial charge >= 0.3 is 12.1 Å². The third kappa shape index (κ3) is 9.29. The lowest BCUT2D eigenvalue weighted by Gasteiger charge is -2.36. The fourth-order valence-corrected chi connectivity index (χ4v) is 6.08. The highest BCUT2D eigenvalue weighted by Gasteiger charge is 2.64. The Labute approximate surface area is 277 Å². The Morgan fingerprint density at radius 1 is 1.06 bits per heavy atom. The summed E-state index contributed by atoms with van der Waals surface area (Å²) >= 11 is 0. The van der Waals surface area contributed by atoms with Crippen LogP contribution >= 0.6 is 0 Å². The molecule has 0 spiro atoms. The summed E-state index contributed by atoms with van der Waals surface area (Å²) in [5.41, 5.74) is 0.692. The number of phenolic OH excluding ortho intramolecular Hbond substituents is 1. The molecule has 1 aliphatic heterocycles. The van der Waals surface area contributed by atoms with Crippen LogP contribution in [0.25, 0.3) is 0 Å². The van der Waals surface area contributed by atoms with Crippen LogP contribution in [0.4, 0.5) is 13.2 Å². The average molecular weight is 659 g/mol. The van der Waals surface area contributed by atoms with Crippen LogP contribution in [0.1, 0.15) is 83.4 Å². The number of hydrogen-bond acceptors (Lipinski definition) is 6. The van der Waals surface area contributed by atoms with Gasteiger partial charge in [0, 0.05) is 19.8 Å². The second-order valence-corrected chi connectivity index (χ2v) is 12.9. The zero-order chi connectivity index (χ0) is 35.0. The van der Waals surface area contributed by atoms with Gasteiger partial charge in [0.1, 0.15) is 23.2 Å². The largest absolute Gasteiger partial charge is 0.508 e. The molecule has 0 saturated carbocycles. The summed E-state index contributed by atoms with van der Waals surface area (Å²) in [6, 6.07) is 10.3. The Bertz CT molecular complexity index is 1460. The summed E-state index contributed by atoms with van der Waals surface area (Å²) in [5, 5.41) is 9.91. The van der Waals surface area contributed by atoms with E-state index < -0.39 is 30.0 Å². The summed E-state index contributed by atoms with van der Waals surface area (Å²) in [5.74, 6) is -0.435. The maximum Gasteiger partial charge on any atom is 0.432 e. The van der Waals surface area contributed by atoms with Crippen molar-refractivity contribution in [2.45, 2.75) is 110 Å². The zero-order valence-corrected chi connectivity index (χ0v) is 28.8. The summed E-state index contributed by atoms with van der Waals surface area (Å²) in [6.45, 7) is 11.5. The average Bonchev–Trinajstić information content (AvgIpc) is 2.98. The molecule has 3 rings (SSSR count). The summed E-state index contributed by atoms with van der Waals surface area (Å²) < 4.78 is 66.2. The van der Waals surface area contributed by atoms with Gasteiger partial charge in [-0.05, 0) is 115 Å². The molecule has 0 saturated heterocycles. The van der Waals surface area contributed by atoms with E-state index in [1.54, 1.807) is 38.1 Å². The number of carbonyl (C=O) groups excluding carboxylic acids is 1. The normalized spacial score (nSPS) is 19.6. The number of methoxy groups -OCH3 is 2. The first-order valence-corrected chi connectivity index (χ1v) is 16.0. The van der Waals surface area contributed by atoms with Crippen molar-refractivity contribution in [1.29, 1.82) is 0 Å². The Morgan fingerprint density at radius 3 is 2.34 bits per heavy atom. The number of carbonyl (C=O) groups is 1. The molecule has 2 aromatic rings. The quantitative estimate of drug-likeness (QED) is 0.161. The number of hydrogen-bond donors (Lipinski definition) is 1. The van der Waals surface area contributed by atoms with Crippen molar-refractivity contribution in [2.75, 3.05) is 14.2 Å². The second kappa shape index (κ2) is 16.0. The number of halogens is 3. The number of allylic oxidation sites excluding steroid dienone is 4. The van der Waals surface area contributed by atoms with E-state index in [-0.39, 0.29) is 16.9 Å². The highest BCUT2D eigenvalue weighted by molar-refractivity contribution is 5.83. The smallest absolute Gasteiger partial charge is 0.432 e. The summed E-state index contributed by atoms with van der Waals surface area (Å²) in [7, 11) is 2.29. The van der Waals surface area contributed by atoms with Gasteiger partial charge in [0.2, 0.25) is 0 Å². The van der Waals surface area contributed by atoms with Gasteiger partial charge < -0.3 is 24.1 Å². The monoisotopic (exact) mass is 658 g/mol. The number of fused-ring (bicyclic) bond motifs is 1. The lowest BCUT2D eigenvalue weighted by molar-refractivity contribution is -0.278. The lowest BCUT2D eigenvalue weighted by Crippen LogP contribution is -2.53. The molecule has 0 amide bonds. The van der Waals surface area contributed by atoms with Crippen LogP contribution in [0, 0.1) is 6.92 Å². The minimum absolute atomic E-state index is 0.263. The Kier molecular flexibility index (Phi) is 12.9. The first-order chi connectivity index (χ1) is 22.1. The molecule has 0 aliphatic carbocycles. The number of aromatic hydroxyl groups is 1. The fourth-order valence-electron chi connectivity index (χ4n) is 6.08. The molecule has 1 heterocycles. The van der Waals surface area contributed by atoms with E-state index >= 15 is 0 Å². The van der Waals surface area contributed by atoms with Crippen LogP contribution in [-0.4, -0.2) is 49.3 Å². The molecule has 47 heavy (non-hydrogen) atoms. The van der Waals surface area contributed by atoms with Crippen molar-refractivity contribution in [3.8, 4) is 11.5 Å². The predicted octanol–water partition coefficient (Wildman–Crippen LogP) is 9.23. The molecule has 0 fully saturated rings. The van der Waals surface area contributed by atoms with Crippen molar-refractivity contribution in [2.24, 2.45) is 0 Å². The third-order valence-electron chi connectivity index (χ3n) is 8.69. The molecule has 6 nitrogen and oxygen atoms in total. The maximum atomic E-state index is 14.5.